The number of halogens is 1. The van der Waals surface area contributed by atoms with Crippen molar-refractivity contribution in [1.82, 2.24) is 15.5 Å². The minimum Gasteiger partial charge on any atom is -0.389 e. The molecule has 6 nitrogen and oxygen atoms in total. The summed E-state index contributed by atoms with van der Waals surface area (Å²) in [4.78, 5) is 7.29. The molecule has 0 amide bonds. The van der Waals surface area contributed by atoms with Gasteiger partial charge in [-0.2, -0.15) is 0 Å². The molecule has 1 aliphatic carbocycles. The first-order valence-electron chi connectivity index (χ1n) is 11.8. The van der Waals surface area contributed by atoms with Crippen LogP contribution < -0.4 is 10.6 Å². The smallest absolute Gasteiger partial charge is 0.191 e. The lowest BCUT2D eigenvalue weighted by molar-refractivity contribution is 0.00110. The number of aliphatic hydroxyl groups is 1. The molecular weight excluding hydrogens is 503 g/mol. The highest BCUT2D eigenvalue weighted by Gasteiger charge is 2.27. The van der Waals surface area contributed by atoms with Gasteiger partial charge in [0.15, 0.2) is 5.96 Å². The maximum atomic E-state index is 10.3. The van der Waals surface area contributed by atoms with Crippen molar-refractivity contribution in [1.29, 1.82) is 0 Å². The predicted molar refractivity (Wildman–Crippen MR) is 138 cm³/mol. The first-order valence-corrected chi connectivity index (χ1v) is 11.8. The van der Waals surface area contributed by atoms with Gasteiger partial charge in [-0.1, -0.05) is 43.2 Å². The van der Waals surface area contributed by atoms with Crippen molar-refractivity contribution in [3.05, 3.63) is 35.9 Å². The van der Waals surface area contributed by atoms with E-state index in [1.165, 1.54) is 38.8 Å². The van der Waals surface area contributed by atoms with Crippen LogP contribution in [0.4, 0.5) is 0 Å². The number of benzene rings is 1. The highest BCUT2D eigenvalue weighted by atomic mass is 127. The van der Waals surface area contributed by atoms with E-state index in [2.05, 4.69) is 27.4 Å². The summed E-state index contributed by atoms with van der Waals surface area (Å²) in [6, 6.07) is 11.4. The third-order valence-electron chi connectivity index (χ3n) is 6.32. The van der Waals surface area contributed by atoms with Crippen LogP contribution in [0, 0.1) is 0 Å². The van der Waals surface area contributed by atoms with Crippen LogP contribution in [0.1, 0.15) is 64.0 Å². The predicted octanol–water partition coefficient (Wildman–Crippen LogP) is 3.71. The van der Waals surface area contributed by atoms with Crippen molar-refractivity contribution in [3.63, 3.8) is 0 Å². The van der Waals surface area contributed by atoms with Gasteiger partial charge in [0.25, 0.3) is 0 Å². The average molecular weight is 545 g/mol. The molecule has 2 unspecified atom stereocenters. The second-order valence-corrected chi connectivity index (χ2v) is 8.65. The number of guanidine groups is 1. The number of nitrogens with zero attached hydrogens (tertiary/aromatic N) is 2. The molecule has 2 atom stereocenters. The Bertz CT molecular complexity index is 632. The Morgan fingerprint density at radius 3 is 2.48 bits per heavy atom. The lowest BCUT2D eigenvalue weighted by Gasteiger charge is -2.36. The Kier molecular flexibility index (Phi) is 12.1. The molecule has 31 heavy (non-hydrogen) atoms. The summed E-state index contributed by atoms with van der Waals surface area (Å²) in [7, 11) is 0. The van der Waals surface area contributed by atoms with Crippen molar-refractivity contribution >= 4 is 29.9 Å². The van der Waals surface area contributed by atoms with E-state index in [-0.39, 0.29) is 36.7 Å². The van der Waals surface area contributed by atoms with Gasteiger partial charge in [-0.15, -0.1) is 24.0 Å². The van der Waals surface area contributed by atoms with E-state index in [1.54, 1.807) is 0 Å². The maximum absolute atomic E-state index is 10.3. The zero-order valence-corrected chi connectivity index (χ0v) is 21.5. The molecule has 176 valence electrons. The van der Waals surface area contributed by atoms with Gasteiger partial charge in [-0.05, 0) is 45.1 Å². The van der Waals surface area contributed by atoms with E-state index in [0.717, 1.165) is 37.0 Å². The summed E-state index contributed by atoms with van der Waals surface area (Å²) in [5.41, 5.74) is 1.12. The molecule has 1 heterocycles. The number of piperidine rings is 1. The molecule has 1 aliphatic heterocycles. The average Bonchev–Trinajstić information content (AvgIpc) is 3.32. The van der Waals surface area contributed by atoms with E-state index in [4.69, 9.17) is 4.74 Å². The van der Waals surface area contributed by atoms with E-state index in [0.29, 0.717) is 12.6 Å². The summed E-state index contributed by atoms with van der Waals surface area (Å²) in [5.74, 6) is 0.798. The van der Waals surface area contributed by atoms with Crippen LogP contribution in [-0.4, -0.2) is 66.9 Å². The van der Waals surface area contributed by atoms with Crippen LogP contribution in [0.25, 0.3) is 0 Å². The van der Waals surface area contributed by atoms with Gasteiger partial charge >= 0.3 is 0 Å². The van der Waals surface area contributed by atoms with Crippen LogP contribution in [0.3, 0.4) is 0 Å². The second-order valence-electron chi connectivity index (χ2n) is 8.65. The number of aliphatic hydroxyl groups excluding tert-OH is 1. The first kappa shape index (κ1) is 26.4. The second kappa shape index (κ2) is 14.3. The molecular formula is C24H41IN4O2. The number of aliphatic imine (C=N–C) groups is 1. The van der Waals surface area contributed by atoms with Crippen molar-refractivity contribution in [3.8, 4) is 0 Å². The molecule has 2 aliphatic rings. The van der Waals surface area contributed by atoms with Crippen molar-refractivity contribution in [2.24, 2.45) is 4.99 Å². The van der Waals surface area contributed by atoms with Crippen LogP contribution >= 0.6 is 24.0 Å². The van der Waals surface area contributed by atoms with Gasteiger partial charge < -0.3 is 25.4 Å². The minimum atomic E-state index is -0.615. The number of likely N-dealkylation sites (tertiary alicyclic amines) is 1. The molecule has 0 radical (unpaired) electrons. The fourth-order valence-electron chi connectivity index (χ4n) is 4.52. The van der Waals surface area contributed by atoms with E-state index >= 15 is 0 Å². The highest BCUT2D eigenvalue weighted by molar-refractivity contribution is 14.0. The molecule has 2 fully saturated rings. The third kappa shape index (κ3) is 8.86. The number of hydrogen-bond donors (Lipinski definition) is 3. The van der Waals surface area contributed by atoms with Gasteiger partial charge in [0.05, 0.1) is 25.4 Å². The highest BCUT2D eigenvalue weighted by Crippen LogP contribution is 2.26. The normalized spacial score (nSPS) is 20.8. The van der Waals surface area contributed by atoms with Crippen LogP contribution in [-0.2, 0) is 4.74 Å². The number of hydrogen-bond acceptors (Lipinski definition) is 4. The van der Waals surface area contributed by atoms with Crippen molar-refractivity contribution in [2.75, 3.05) is 32.8 Å². The third-order valence-corrected chi connectivity index (χ3v) is 6.32. The SMILES string of the molecule is CCNC(=NCC(O)COC(C)c1ccccc1)NC1CCN(C2CCCC2)CC1.I. The van der Waals surface area contributed by atoms with Gasteiger partial charge in [0.2, 0.25) is 0 Å². The fraction of sp³-hybridized carbons (Fsp3) is 0.708. The lowest BCUT2D eigenvalue weighted by Crippen LogP contribution is -2.50. The van der Waals surface area contributed by atoms with Gasteiger partial charge in [0.1, 0.15) is 0 Å². The Balaban J connectivity index is 0.00000341. The summed E-state index contributed by atoms with van der Waals surface area (Å²) in [5, 5.41) is 17.2. The van der Waals surface area contributed by atoms with E-state index < -0.39 is 6.10 Å². The zero-order chi connectivity index (χ0) is 21.2. The largest absolute Gasteiger partial charge is 0.389 e. The number of ether oxygens (including phenoxy) is 1. The van der Waals surface area contributed by atoms with Crippen molar-refractivity contribution < 1.29 is 9.84 Å². The number of rotatable bonds is 9. The lowest BCUT2D eigenvalue weighted by atomic mass is 10.0. The van der Waals surface area contributed by atoms with Crippen LogP contribution in [0.5, 0.6) is 0 Å². The zero-order valence-electron chi connectivity index (χ0n) is 19.1. The van der Waals surface area contributed by atoms with Crippen molar-refractivity contribution in [2.45, 2.75) is 76.7 Å². The summed E-state index contributed by atoms with van der Waals surface area (Å²) >= 11 is 0. The molecule has 1 aromatic carbocycles. The molecule has 1 aromatic rings. The van der Waals surface area contributed by atoms with Gasteiger partial charge in [-0.3, -0.25) is 4.99 Å². The first-order chi connectivity index (χ1) is 14.7. The molecule has 3 N–H and O–H groups in total. The maximum Gasteiger partial charge on any atom is 0.191 e. The molecule has 0 aromatic heterocycles. The summed E-state index contributed by atoms with van der Waals surface area (Å²) in [6.07, 6.45) is 7.21. The Labute approximate surface area is 205 Å². The van der Waals surface area contributed by atoms with E-state index in [9.17, 15) is 5.11 Å². The Hall–Kier alpha value is -0.900. The van der Waals surface area contributed by atoms with Gasteiger partial charge in [0, 0.05) is 31.7 Å². The quantitative estimate of drug-likeness (QED) is 0.251. The standard InChI is InChI=1S/C24H40N4O2.HI/c1-3-25-24(27-21-13-15-28(16-14-21)22-11-7-8-12-22)26-17-23(29)18-30-19(2)20-9-5-4-6-10-20;/h4-6,9-10,19,21-23,29H,3,7-8,11-18H2,1-2H3,(H2,25,26,27);1H. The van der Waals surface area contributed by atoms with Gasteiger partial charge in [-0.25, -0.2) is 0 Å². The molecule has 0 bridgehead atoms. The molecule has 0 spiro atoms. The molecule has 1 saturated carbocycles. The Morgan fingerprint density at radius 1 is 1.16 bits per heavy atom. The Morgan fingerprint density at radius 2 is 1.84 bits per heavy atom. The van der Waals surface area contributed by atoms with Crippen LogP contribution in [0.2, 0.25) is 0 Å². The molecule has 3 rings (SSSR count). The summed E-state index contributed by atoms with van der Waals surface area (Å²) < 4.78 is 5.83. The molecule has 7 heteroatoms. The van der Waals surface area contributed by atoms with Crippen LogP contribution in [0.15, 0.2) is 35.3 Å². The van der Waals surface area contributed by atoms with E-state index in [1.807, 2.05) is 37.3 Å². The number of nitrogens with one attached hydrogen (secondary N) is 2. The molecule has 1 saturated heterocycles. The monoisotopic (exact) mass is 544 g/mol. The fourth-order valence-corrected chi connectivity index (χ4v) is 4.52. The summed E-state index contributed by atoms with van der Waals surface area (Å²) in [6.45, 7) is 7.85. The minimum absolute atomic E-state index is 0. The topological polar surface area (TPSA) is 69.1 Å².